The number of unbranched alkanes of at least 4 members (excludes halogenated alkanes) is 1. The van der Waals surface area contributed by atoms with E-state index in [-0.39, 0.29) is 5.56 Å². The van der Waals surface area contributed by atoms with Crippen molar-refractivity contribution in [1.82, 2.24) is 9.78 Å². The molecule has 2 rings (SSSR count). The Morgan fingerprint density at radius 3 is 3.00 bits per heavy atom. The Morgan fingerprint density at radius 1 is 1.38 bits per heavy atom. The van der Waals surface area contributed by atoms with Gasteiger partial charge in [-0.05, 0) is 12.5 Å². The first-order valence-electron chi connectivity index (χ1n) is 5.15. The number of nitriles is 1. The number of aromatic nitrogens is 2. The molecule has 1 aromatic heterocycles. The molecular formula is C12H11N3O. The zero-order chi connectivity index (χ0) is 11.4. The molecule has 0 atom stereocenters. The molecule has 0 aliphatic carbocycles. The molecular weight excluding hydrogens is 202 g/mol. The van der Waals surface area contributed by atoms with Gasteiger partial charge in [-0.3, -0.25) is 4.79 Å². The maximum absolute atomic E-state index is 11.9. The molecule has 80 valence electrons. The third-order valence-electron chi connectivity index (χ3n) is 2.42. The molecule has 4 heteroatoms. The summed E-state index contributed by atoms with van der Waals surface area (Å²) in [6, 6.07) is 9.42. The van der Waals surface area contributed by atoms with Crippen LogP contribution in [0.5, 0.6) is 0 Å². The average molecular weight is 213 g/mol. The van der Waals surface area contributed by atoms with Gasteiger partial charge in [0.1, 0.15) is 0 Å². The van der Waals surface area contributed by atoms with Gasteiger partial charge < -0.3 is 0 Å². The lowest BCUT2D eigenvalue weighted by molar-refractivity contribution is 0.559. The maximum Gasteiger partial charge on any atom is 0.274 e. The molecule has 1 heterocycles. The van der Waals surface area contributed by atoms with Gasteiger partial charge in [0.25, 0.3) is 5.56 Å². The molecule has 0 saturated heterocycles. The topological polar surface area (TPSA) is 58.7 Å². The molecule has 4 nitrogen and oxygen atoms in total. The molecule has 0 saturated carbocycles. The van der Waals surface area contributed by atoms with Gasteiger partial charge in [-0.15, -0.1) is 0 Å². The van der Waals surface area contributed by atoms with Crippen LogP contribution in [0, 0.1) is 11.3 Å². The summed E-state index contributed by atoms with van der Waals surface area (Å²) < 4.78 is 1.42. The number of hydrogen-bond donors (Lipinski definition) is 0. The minimum Gasteiger partial charge on any atom is -0.267 e. The van der Waals surface area contributed by atoms with E-state index in [2.05, 4.69) is 11.2 Å². The van der Waals surface area contributed by atoms with Crippen molar-refractivity contribution in [3.05, 3.63) is 40.8 Å². The Morgan fingerprint density at radius 2 is 2.19 bits per heavy atom. The lowest BCUT2D eigenvalue weighted by Crippen LogP contribution is -2.22. The van der Waals surface area contributed by atoms with E-state index in [1.54, 1.807) is 12.3 Å². The first-order valence-corrected chi connectivity index (χ1v) is 5.15. The van der Waals surface area contributed by atoms with Crippen molar-refractivity contribution in [1.29, 1.82) is 5.26 Å². The number of aryl methyl sites for hydroxylation is 1. The Balaban J connectivity index is 2.38. The van der Waals surface area contributed by atoms with Crippen molar-refractivity contribution in [3.63, 3.8) is 0 Å². The third kappa shape index (κ3) is 1.94. The minimum atomic E-state index is -0.0870. The van der Waals surface area contributed by atoms with Crippen LogP contribution in [-0.4, -0.2) is 9.78 Å². The second-order valence-corrected chi connectivity index (χ2v) is 3.52. The van der Waals surface area contributed by atoms with Crippen molar-refractivity contribution >= 4 is 10.8 Å². The summed E-state index contributed by atoms with van der Waals surface area (Å²) in [5.41, 5.74) is -0.0870. The highest BCUT2D eigenvalue weighted by Gasteiger charge is 2.02. The first kappa shape index (κ1) is 10.4. The quantitative estimate of drug-likeness (QED) is 0.729. The molecule has 0 radical (unpaired) electrons. The van der Waals surface area contributed by atoms with Crippen LogP contribution in [0.1, 0.15) is 12.8 Å². The molecule has 0 amide bonds. The fourth-order valence-corrected chi connectivity index (χ4v) is 1.59. The van der Waals surface area contributed by atoms with Crippen LogP contribution in [0.15, 0.2) is 35.3 Å². The zero-order valence-electron chi connectivity index (χ0n) is 8.76. The first-order chi connectivity index (χ1) is 7.83. The molecule has 0 fully saturated rings. The normalized spacial score (nSPS) is 10.2. The zero-order valence-corrected chi connectivity index (χ0v) is 8.76. The summed E-state index contributed by atoms with van der Waals surface area (Å²) in [5.74, 6) is 0. The molecule has 0 bridgehead atoms. The van der Waals surface area contributed by atoms with Gasteiger partial charge in [0, 0.05) is 18.4 Å². The van der Waals surface area contributed by atoms with Gasteiger partial charge in [-0.25, -0.2) is 4.68 Å². The molecule has 1 aromatic carbocycles. The second kappa shape index (κ2) is 4.58. The number of fused-ring (bicyclic) bond motifs is 1. The van der Waals surface area contributed by atoms with Crippen LogP contribution >= 0.6 is 0 Å². The van der Waals surface area contributed by atoms with Crippen molar-refractivity contribution in [2.75, 3.05) is 0 Å². The van der Waals surface area contributed by atoms with Gasteiger partial charge >= 0.3 is 0 Å². The number of benzene rings is 1. The molecule has 16 heavy (non-hydrogen) atoms. The largest absolute Gasteiger partial charge is 0.274 e. The fraction of sp³-hybridized carbons (Fsp3) is 0.250. The molecule has 0 N–H and O–H groups in total. The standard InChI is InChI=1S/C12H11N3O/c13-7-3-4-8-15-12(16)11-6-2-1-5-10(11)9-14-15/h1-2,5-6,9H,3-4,8H2. The van der Waals surface area contributed by atoms with Crippen LogP contribution < -0.4 is 5.56 Å². The van der Waals surface area contributed by atoms with Crippen LogP contribution in [-0.2, 0) is 6.54 Å². The SMILES string of the molecule is N#CCCCn1ncc2ccccc2c1=O. The van der Waals surface area contributed by atoms with Gasteiger partial charge in [-0.2, -0.15) is 10.4 Å². The Hall–Kier alpha value is -2.15. The van der Waals surface area contributed by atoms with Crippen molar-refractivity contribution in [2.24, 2.45) is 0 Å². The minimum absolute atomic E-state index is 0.0870. The van der Waals surface area contributed by atoms with E-state index in [0.717, 1.165) is 5.39 Å². The van der Waals surface area contributed by atoms with E-state index in [1.807, 2.05) is 18.2 Å². The van der Waals surface area contributed by atoms with Crippen molar-refractivity contribution < 1.29 is 0 Å². The highest BCUT2D eigenvalue weighted by atomic mass is 16.1. The van der Waals surface area contributed by atoms with Crippen LogP contribution in [0.25, 0.3) is 10.8 Å². The van der Waals surface area contributed by atoms with Crippen molar-refractivity contribution in [2.45, 2.75) is 19.4 Å². The second-order valence-electron chi connectivity index (χ2n) is 3.52. The van der Waals surface area contributed by atoms with E-state index in [9.17, 15) is 4.79 Å². The summed E-state index contributed by atoms with van der Waals surface area (Å²) in [6.07, 6.45) is 2.78. The van der Waals surface area contributed by atoms with Crippen LogP contribution in [0.2, 0.25) is 0 Å². The molecule has 0 aliphatic rings. The van der Waals surface area contributed by atoms with Crippen molar-refractivity contribution in [3.8, 4) is 6.07 Å². The van der Waals surface area contributed by atoms with E-state index in [1.165, 1.54) is 4.68 Å². The Kier molecular flexibility index (Phi) is 2.97. The lowest BCUT2D eigenvalue weighted by Gasteiger charge is -2.03. The van der Waals surface area contributed by atoms with E-state index >= 15 is 0 Å². The summed E-state index contributed by atoms with van der Waals surface area (Å²) in [7, 11) is 0. The molecule has 0 aliphatic heterocycles. The maximum atomic E-state index is 11.9. The van der Waals surface area contributed by atoms with E-state index < -0.39 is 0 Å². The predicted molar refractivity (Wildman–Crippen MR) is 60.9 cm³/mol. The van der Waals surface area contributed by atoms with Crippen LogP contribution in [0.4, 0.5) is 0 Å². The summed E-state index contributed by atoms with van der Waals surface area (Å²) in [6.45, 7) is 0.497. The van der Waals surface area contributed by atoms with Gasteiger partial charge in [0.05, 0.1) is 17.7 Å². The van der Waals surface area contributed by atoms with Gasteiger partial charge in [-0.1, -0.05) is 18.2 Å². The average Bonchev–Trinajstić information content (AvgIpc) is 2.33. The summed E-state index contributed by atoms with van der Waals surface area (Å²) in [4.78, 5) is 11.9. The number of nitrogens with zero attached hydrogens (tertiary/aromatic N) is 3. The smallest absolute Gasteiger partial charge is 0.267 e. The van der Waals surface area contributed by atoms with Gasteiger partial charge in [0.2, 0.25) is 0 Å². The van der Waals surface area contributed by atoms with Crippen LogP contribution in [0.3, 0.4) is 0 Å². The third-order valence-corrected chi connectivity index (χ3v) is 2.42. The monoisotopic (exact) mass is 213 g/mol. The summed E-state index contributed by atoms with van der Waals surface area (Å²) in [5, 5.41) is 14.0. The predicted octanol–water partition coefficient (Wildman–Crippen LogP) is 1.70. The van der Waals surface area contributed by atoms with Gasteiger partial charge in [0.15, 0.2) is 0 Å². The number of hydrogen-bond acceptors (Lipinski definition) is 3. The Labute approximate surface area is 92.7 Å². The van der Waals surface area contributed by atoms with E-state index in [0.29, 0.717) is 24.8 Å². The lowest BCUT2D eigenvalue weighted by atomic mass is 10.2. The highest BCUT2D eigenvalue weighted by Crippen LogP contribution is 2.06. The highest BCUT2D eigenvalue weighted by molar-refractivity contribution is 5.80. The number of rotatable bonds is 3. The summed E-state index contributed by atoms with van der Waals surface area (Å²) >= 11 is 0. The molecule has 2 aromatic rings. The molecule has 0 spiro atoms. The molecule has 0 unspecified atom stereocenters. The fourth-order valence-electron chi connectivity index (χ4n) is 1.59. The van der Waals surface area contributed by atoms with E-state index in [4.69, 9.17) is 5.26 Å². The Bertz CT molecular complexity index is 595.